The molecule has 0 unspecified atom stereocenters. The Kier molecular flexibility index (Phi) is 8.81. The number of nitrogens with zero attached hydrogens (tertiary/aromatic N) is 3. The van der Waals surface area contributed by atoms with Gasteiger partial charge in [-0.25, -0.2) is 9.59 Å². The minimum atomic E-state index is -0.820. The highest BCUT2D eigenvalue weighted by molar-refractivity contribution is 8.03. The number of alkyl carbamates (subject to hydrolysis) is 1. The lowest BCUT2D eigenvalue weighted by Gasteiger charge is -2.49. The van der Waals surface area contributed by atoms with Gasteiger partial charge in [0.1, 0.15) is 26.9 Å². The zero-order valence-electron chi connectivity index (χ0n) is 22.6. The van der Waals surface area contributed by atoms with Crippen LogP contribution in [0.15, 0.2) is 93.8 Å². The summed E-state index contributed by atoms with van der Waals surface area (Å²) in [5.74, 6) is -0.590. The molecule has 3 heterocycles. The zero-order chi connectivity index (χ0) is 29.0. The van der Waals surface area contributed by atoms with Gasteiger partial charge in [-0.15, -0.1) is 16.9 Å². The van der Waals surface area contributed by atoms with Crippen LogP contribution >= 0.6 is 35.1 Å². The third-order valence-electron chi connectivity index (χ3n) is 6.09. The quantitative estimate of drug-likeness (QED) is 0.200. The topological polar surface area (TPSA) is 111 Å². The third-order valence-corrected chi connectivity index (χ3v) is 8.97. The van der Waals surface area contributed by atoms with E-state index < -0.39 is 41.1 Å². The lowest BCUT2D eigenvalue weighted by Crippen LogP contribution is -2.70. The van der Waals surface area contributed by atoms with E-state index in [1.54, 1.807) is 27.0 Å². The number of benzene rings is 2. The lowest BCUT2D eigenvalue weighted by molar-refractivity contribution is -0.153. The monoisotopic (exact) mass is 608 g/mol. The number of hydrogen-bond donors (Lipinski definition) is 1. The van der Waals surface area contributed by atoms with Crippen molar-refractivity contribution in [2.45, 2.75) is 48.1 Å². The second kappa shape index (κ2) is 12.5. The van der Waals surface area contributed by atoms with E-state index in [4.69, 9.17) is 9.47 Å². The number of ether oxygens (including phenoxy) is 2. The lowest BCUT2D eigenvalue weighted by atomic mass is 10.0. The van der Waals surface area contributed by atoms with E-state index in [1.807, 2.05) is 72.1 Å². The molecule has 2 aliphatic rings. The van der Waals surface area contributed by atoms with Gasteiger partial charge in [0.05, 0.1) is 6.20 Å². The fourth-order valence-corrected chi connectivity index (χ4v) is 6.84. The summed E-state index contributed by atoms with van der Waals surface area (Å²) in [7, 11) is 0. The molecule has 41 heavy (non-hydrogen) atoms. The maximum absolute atomic E-state index is 14.0. The molecule has 0 radical (unpaired) electrons. The number of thioether (sulfide) groups is 2. The number of carbonyl (C=O) groups excluding carboxylic acids is 3. The summed E-state index contributed by atoms with van der Waals surface area (Å²) in [5.41, 5.74) is 1.71. The molecule has 12 heteroatoms. The summed E-state index contributed by atoms with van der Waals surface area (Å²) in [6, 6.07) is 18.1. The summed E-state index contributed by atoms with van der Waals surface area (Å²) in [5, 5.41) is 7.88. The van der Waals surface area contributed by atoms with Gasteiger partial charge in [0.15, 0.2) is 6.10 Å². The molecule has 0 spiro atoms. The van der Waals surface area contributed by atoms with E-state index in [0.29, 0.717) is 11.3 Å². The molecule has 2 atom stereocenters. The van der Waals surface area contributed by atoms with Crippen molar-refractivity contribution in [3.05, 3.63) is 101 Å². The minimum absolute atomic E-state index is 0.164. The Bertz CT molecular complexity index is 1420. The molecule has 1 saturated heterocycles. The van der Waals surface area contributed by atoms with Gasteiger partial charge in [-0.3, -0.25) is 9.69 Å². The van der Waals surface area contributed by atoms with Crippen LogP contribution in [0.4, 0.5) is 4.79 Å². The molecule has 2 aromatic carbocycles. The molecule has 2 aliphatic heterocycles. The molecule has 9 nitrogen and oxygen atoms in total. The second-order valence-electron chi connectivity index (χ2n) is 10.2. The summed E-state index contributed by atoms with van der Waals surface area (Å²) in [6.07, 6.45) is 2.11. The minimum Gasteiger partial charge on any atom is -0.448 e. The Balaban J connectivity index is 1.44. The van der Waals surface area contributed by atoms with Gasteiger partial charge < -0.3 is 14.8 Å². The van der Waals surface area contributed by atoms with Gasteiger partial charge in [-0.2, -0.15) is 0 Å². The zero-order valence-corrected chi connectivity index (χ0v) is 25.0. The van der Waals surface area contributed by atoms with Crippen molar-refractivity contribution in [3.8, 4) is 0 Å². The Morgan fingerprint density at radius 3 is 2.34 bits per heavy atom. The average Bonchev–Trinajstić information content (AvgIpc) is 3.48. The van der Waals surface area contributed by atoms with Crippen molar-refractivity contribution in [3.63, 3.8) is 0 Å². The number of carbonyl (C=O) groups is 3. The van der Waals surface area contributed by atoms with Gasteiger partial charge >= 0.3 is 12.1 Å². The fraction of sp³-hybridized carbons (Fsp3) is 0.276. The Morgan fingerprint density at radius 1 is 1.10 bits per heavy atom. The average molecular weight is 609 g/mol. The number of esters is 1. The Morgan fingerprint density at radius 2 is 1.76 bits per heavy atom. The second-order valence-corrected chi connectivity index (χ2v) is 13.3. The molecule has 5 rings (SSSR count). The number of amides is 2. The van der Waals surface area contributed by atoms with E-state index in [-0.39, 0.29) is 5.70 Å². The number of fused-ring (bicyclic) bond motifs is 1. The molecule has 212 valence electrons. The first-order valence-electron chi connectivity index (χ1n) is 12.8. The third kappa shape index (κ3) is 6.83. The summed E-state index contributed by atoms with van der Waals surface area (Å²) in [4.78, 5) is 41.2. The van der Waals surface area contributed by atoms with E-state index in [9.17, 15) is 14.4 Å². The van der Waals surface area contributed by atoms with Crippen LogP contribution in [-0.4, -0.2) is 55.2 Å². The maximum Gasteiger partial charge on any atom is 0.408 e. The van der Waals surface area contributed by atoms with Crippen molar-refractivity contribution < 1.29 is 23.9 Å². The highest BCUT2D eigenvalue weighted by Gasteiger charge is 2.54. The Labute approximate surface area is 250 Å². The smallest absolute Gasteiger partial charge is 0.408 e. The van der Waals surface area contributed by atoms with Crippen LogP contribution in [0, 0.1) is 0 Å². The standard InChI is InChI=1S/C29H28N4O5S3/c1-29(2,3)38-28(36)31-22-25(34)33-23(20(17-40-26(22)33)14-15-39-21-16-30-32-41-21)27(35)37-24(18-10-6-4-7-11-18)19-12-8-5-9-13-19/h4-16,22,24,26H,17H2,1-3H3,(H,31,36)/b15-14-/t22-,26-/m1/s1. The number of allylic oxidation sites excluding steroid dienone is 1. The number of aromatic nitrogens is 2. The number of β-lactam (4-membered cyclic amide) rings is 1. The highest BCUT2D eigenvalue weighted by atomic mass is 32.2. The predicted octanol–water partition coefficient (Wildman–Crippen LogP) is 5.54. The van der Waals surface area contributed by atoms with E-state index in [2.05, 4.69) is 14.9 Å². The first-order chi connectivity index (χ1) is 19.7. The molecule has 2 amide bonds. The van der Waals surface area contributed by atoms with Crippen LogP contribution in [0.25, 0.3) is 0 Å². The Hall–Kier alpha value is -3.61. The number of nitrogens with one attached hydrogen (secondary N) is 1. The number of hydrogen-bond acceptors (Lipinski definition) is 10. The van der Waals surface area contributed by atoms with Crippen LogP contribution in [0.5, 0.6) is 0 Å². The molecule has 1 fully saturated rings. The van der Waals surface area contributed by atoms with Crippen LogP contribution in [0.3, 0.4) is 0 Å². The van der Waals surface area contributed by atoms with Crippen molar-refractivity contribution in [2.24, 2.45) is 0 Å². The molecule has 3 aromatic rings. The van der Waals surface area contributed by atoms with Crippen molar-refractivity contribution in [1.29, 1.82) is 0 Å². The molecule has 1 aromatic heterocycles. The van der Waals surface area contributed by atoms with Gasteiger partial charge in [0.2, 0.25) is 0 Å². The van der Waals surface area contributed by atoms with Gasteiger partial charge in [0.25, 0.3) is 5.91 Å². The molecular weight excluding hydrogens is 581 g/mol. The van der Waals surface area contributed by atoms with Crippen LogP contribution in [-0.2, 0) is 19.1 Å². The van der Waals surface area contributed by atoms with Crippen LogP contribution in [0.1, 0.15) is 38.0 Å². The molecular formula is C29H28N4O5S3. The molecule has 0 saturated carbocycles. The summed E-state index contributed by atoms with van der Waals surface area (Å²) < 4.78 is 16.3. The van der Waals surface area contributed by atoms with E-state index in [1.165, 1.54) is 40.0 Å². The normalized spacial score (nSPS) is 18.7. The van der Waals surface area contributed by atoms with Gasteiger partial charge in [-0.1, -0.05) is 76.9 Å². The first-order valence-corrected chi connectivity index (χ1v) is 15.5. The van der Waals surface area contributed by atoms with Gasteiger partial charge in [-0.05, 0) is 60.5 Å². The highest BCUT2D eigenvalue weighted by Crippen LogP contribution is 2.42. The van der Waals surface area contributed by atoms with Crippen molar-refractivity contribution in [1.82, 2.24) is 19.8 Å². The van der Waals surface area contributed by atoms with E-state index in [0.717, 1.165) is 15.3 Å². The van der Waals surface area contributed by atoms with Crippen molar-refractivity contribution in [2.75, 3.05) is 5.75 Å². The molecule has 0 aliphatic carbocycles. The maximum atomic E-state index is 14.0. The van der Waals surface area contributed by atoms with Crippen LogP contribution in [0.2, 0.25) is 0 Å². The predicted molar refractivity (Wildman–Crippen MR) is 159 cm³/mol. The van der Waals surface area contributed by atoms with E-state index >= 15 is 0 Å². The summed E-state index contributed by atoms with van der Waals surface area (Å²) in [6.45, 7) is 5.26. The summed E-state index contributed by atoms with van der Waals surface area (Å²) >= 11 is 4.14. The van der Waals surface area contributed by atoms with Crippen molar-refractivity contribution >= 4 is 53.0 Å². The largest absolute Gasteiger partial charge is 0.448 e. The molecule has 1 N–H and O–H groups in total. The fourth-order valence-electron chi connectivity index (χ4n) is 4.33. The van der Waals surface area contributed by atoms with Gasteiger partial charge in [0, 0.05) is 5.75 Å². The van der Waals surface area contributed by atoms with Crippen LogP contribution < -0.4 is 5.32 Å². The SMILES string of the molecule is CC(C)(C)OC(=O)N[C@@H]1C(=O)N2C(C(=O)OC(c3ccccc3)c3ccccc3)=C(/C=C\Sc3cnns3)CS[C@H]12. The number of rotatable bonds is 8. The first kappa shape index (κ1) is 28.9. The molecule has 0 bridgehead atoms.